The van der Waals surface area contributed by atoms with Gasteiger partial charge in [-0.2, -0.15) is 0 Å². The smallest absolute Gasteiger partial charge is 0.161 e. The summed E-state index contributed by atoms with van der Waals surface area (Å²) < 4.78 is 6.12. The van der Waals surface area contributed by atoms with E-state index in [1.807, 2.05) is 0 Å². The van der Waals surface area contributed by atoms with Gasteiger partial charge in [0.2, 0.25) is 0 Å². The van der Waals surface area contributed by atoms with Gasteiger partial charge in [0.1, 0.15) is 0 Å². The van der Waals surface area contributed by atoms with Crippen molar-refractivity contribution in [2.45, 2.75) is 112 Å². The van der Waals surface area contributed by atoms with Crippen LogP contribution in [0.5, 0.6) is 0 Å². The van der Waals surface area contributed by atoms with E-state index >= 15 is 0 Å². The molecule has 0 bridgehead atoms. The summed E-state index contributed by atoms with van der Waals surface area (Å²) in [6, 6.07) is 1.37. The SMILES string of the molecule is CCCCO[SiH2]CCC(CCCN(CC)CC)(CCCN(CC)CC)CCCN(CC)CC. The number of rotatable bonds is 25. The van der Waals surface area contributed by atoms with Gasteiger partial charge in [-0.05, 0) is 122 Å². The summed E-state index contributed by atoms with van der Waals surface area (Å²) >= 11 is 0. The van der Waals surface area contributed by atoms with Crippen molar-refractivity contribution >= 4 is 9.76 Å². The predicted octanol–water partition coefficient (Wildman–Crippen LogP) is 6.05. The van der Waals surface area contributed by atoms with Crippen LogP contribution >= 0.6 is 0 Å². The first-order chi connectivity index (χ1) is 16.0. The van der Waals surface area contributed by atoms with Crippen molar-refractivity contribution < 1.29 is 4.43 Å². The van der Waals surface area contributed by atoms with Crippen molar-refractivity contribution in [3.8, 4) is 0 Å². The maximum Gasteiger partial charge on any atom is 0.161 e. The molecule has 0 rings (SSSR count). The largest absolute Gasteiger partial charge is 0.424 e. The molecule has 0 aromatic rings. The Kier molecular flexibility index (Phi) is 22.6. The molecule has 0 heterocycles. The van der Waals surface area contributed by atoms with E-state index in [1.54, 1.807) is 0 Å². The number of hydrogen-bond acceptors (Lipinski definition) is 4. The second kappa shape index (κ2) is 22.5. The van der Waals surface area contributed by atoms with Crippen molar-refractivity contribution in [3.63, 3.8) is 0 Å². The van der Waals surface area contributed by atoms with E-state index in [9.17, 15) is 0 Å². The summed E-state index contributed by atoms with van der Waals surface area (Å²) in [6.07, 6.45) is 12.2. The Balaban J connectivity index is 5.17. The average Bonchev–Trinajstić information content (AvgIpc) is 2.84. The molecule has 0 atom stereocenters. The molecule has 0 radical (unpaired) electrons. The molecule has 0 aliphatic rings. The fraction of sp³-hybridized carbons (Fsp3) is 1.00. The van der Waals surface area contributed by atoms with Gasteiger partial charge in [-0.25, -0.2) is 0 Å². The van der Waals surface area contributed by atoms with E-state index in [0.29, 0.717) is 5.41 Å². The molecular weight excluding hydrogens is 422 g/mol. The van der Waals surface area contributed by atoms with Crippen LogP contribution in [0.4, 0.5) is 0 Å². The number of hydrogen-bond donors (Lipinski definition) is 0. The lowest BCUT2D eigenvalue weighted by molar-refractivity contribution is 0.156. The van der Waals surface area contributed by atoms with Crippen molar-refractivity contribution in [1.29, 1.82) is 0 Å². The molecule has 33 heavy (non-hydrogen) atoms. The Hall–Kier alpha value is 0.0569. The summed E-state index contributed by atoms with van der Waals surface area (Å²) in [6.45, 7) is 28.0. The predicted molar refractivity (Wildman–Crippen MR) is 152 cm³/mol. The lowest BCUT2D eigenvalue weighted by Gasteiger charge is -2.37. The van der Waals surface area contributed by atoms with Gasteiger partial charge in [-0.3, -0.25) is 0 Å². The summed E-state index contributed by atoms with van der Waals surface area (Å²) in [5, 5.41) is 0. The Morgan fingerprint density at radius 3 is 1.27 bits per heavy atom. The molecule has 0 aromatic carbocycles. The van der Waals surface area contributed by atoms with Gasteiger partial charge in [-0.1, -0.05) is 54.9 Å². The molecule has 0 N–H and O–H groups in total. The Labute approximate surface area is 212 Å². The molecule has 0 unspecified atom stereocenters. The second-order valence-corrected chi connectivity index (χ2v) is 11.5. The Morgan fingerprint density at radius 1 is 0.545 bits per heavy atom. The van der Waals surface area contributed by atoms with Crippen LogP contribution in [0.1, 0.15) is 106 Å². The third kappa shape index (κ3) is 16.4. The van der Waals surface area contributed by atoms with Gasteiger partial charge < -0.3 is 19.1 Å². The van der Waals surface area contributed by atoms with Gasteiger partial charge in [0.25, 0.3) is 0 Å². The zero-order valence-corrected chi connectivity index (χ0v) is 25.5. The Morgan fingerprint density at radius 2 is 0.939 bits per heavy atom. The molecule has 5 heteroatoms. The van der Waals surface area contributed by atoms with Crippen LogP contribution < -0.4 is 0 Å². The molecule has 0 amide bonds. The summed E-state index contributed by atoms with van der Waals surface area (Å²) in [5.74, 6) is 0. The number of unbranched alkanes of at least 4 members (excludes halogenated alkanes) is 1. The monoisotopic (exact) mass is 485 g/mol. The first-order valence-corrected chi connectivity index (χ1v) is 16.4. The van der Waals surface area contributed by atoms with E-state index in [-0.39, 0.29) is 9.76 Å². The minimum atomic E-state index is -0.363. The van der Waals surface area contributed by atoms with Gasteiger partial charge in [0.15, 0.2) is 9.76 Å². The lowest BCUT2D eigenvalue weighted by atomic mass is 9.73. The van der Waals surface area contributed by atoms with E-state index in [1.165, 1.54) is 123 Å². The average molecular weight is 486 g/mol. The summed E-state index contributed by atoms with van der Waals surface area (Å²) in [4.78, 5) is 7.83. The van der Waals surface area contributed by atoms with Crippen LogP contribution in [0.15, 0.2) is 0 Å². The zero-order valence-electron chi connectivity index (χ0n) is 24.1. The van der Waals surface area contributed by atoms with Crippen LogP contribution in [0, 0.1) is 5.41 Å². The van der Waals surface area contributed by atoms with Gasteiger partial charge >= 0.3 is 0 Å². The highest BCUT2D eigenvalue weighted by Gasteiger charge is 2.29. The van der Waals surface area contributed by atoms with Gasteiger partial charge in [0.05, 0.1) is 0 Å². The van der Waals surface area contributed by atoms with E-state index in [4.69, 9.17) is 4.43 Å². The molecule has 4 nitrogen and oxygen atoms in total. The third-order valence-electron chi connectivity index (χ3n) is 7.87. The fourth-order valence-corrected chi connectivity index (χ4v) is 6.81. The van der Waals surface area contributed by atoms with Gasteiger partial charge in [-0.15, -0.1) is 0 Å². The van der Waals surface area contributed by atoms with Crippen LogP contribution in [-0.4, -0.2) is 90.0 Å². The molecule has 200 valence electrons. The molecule has 0 aliphatic heterocycles. The standard InChI is InChI=1S/C28H63N3OSi/c1-8-15-26-32-33-27-22-28(19-16-23-29(9-2)10-3,20-17-24-30(11-4)12-5)21-18-25-31(13-6)14-7/h8-27,33H2,1-7H3. The fourth-order valence-electron chi connectivity index (χ4n) is 5.30. The van der Waals surface area contributed by atoms with Crippen molar-refractivity contribution in [2.24, 2.45) is 5.41 Å². The summed E-state index contributed by atoms with van der Waals surface area (Å²) in [5.41, 5.74) is 0.522. The van der Waals surface area contributed by atoms with Crippen molar-refractivity contribution in [2.75, 3.05) is 65.5 Å². The van der Waals surface area contributed by atoms with Gasteiger partial charge in [0, 0.05) is 6.61 Å². The maximum absolute atomic E-state index is 6.12. The molecule has 0 fully saturated rings. The van der Waals surface area contributed by atoms with Crippen LogP contribution in [-0.2, 0) is 4.43 Å². The maximum atomic E-state index is 6.12. The second-order valence-electron chi connectivity index (χ2n) is 9.96. The first-order valence-electron chi connectivity index (χ1n) is 14.8. The van der Waals surface area contributed by atoms with E-state index in [2.05, 4.69) is 63.2 Å². The highest BCUT2D eigenvalue weighted by molar-refractivity contribution is 6.27. The summed E-state index contributed by atoms with van der Waals surface area (Å²) in [7, 11) is -0.363. The molecule has 0 aliphatic carbocycles. The minimum Gasteiger partial charge on any atom is -0.424 e. The molecule has 0 saturated carbocycles. The minimum absolute atomic E-state index is 0.363. The zero-order chi connectivity index (χ0) is 24.8. The molecule has 0 saturated heterocycles. The van der Waals surface area contributed by atoms with Crippen LogP contribution in [0.25, 0.3) is 0 Å². The first kappa shape index (κ1) is 33.1. The van der Waals surface area contributed by atoms with E-state index in [0.717, 1.165) is 6.61 Å². The quantitative estimate of drug-likeness (QED) is 0.116. The highest BCUT2D eigenvalue weighted by atomic mass is 28.2. The third-order valence-corrected chi connectivity index (χ3v) is 9.09. The molecule has 0 spiro atoms. The highest BCUT2D eigenvalue weighted by Crippen LogP contribution is 2.40. The molecular formula is C28H63N3OSi. The van der Waals surface area contributed by atoms with Crippen molar-refractivity contribution in [3.05, 3.63) is 0 Å². The topological polar surface area (TPSA) is 19.0 Å². The van der Waals surface area contributed by atoms with Crippen LogP contribution in [0.3, 0.4) is 0 Å². The Bertz CT molecular complexity index is 353. The number of nitrogens with zero attached hydrogens (tertiary/aromatic N) is 3. The van der Waals surface area contributed by atoms with E-state index < -0.39 is 0 Å². The molecule has 0 aromatic heterocycles. The normalized spacial score (nSPS) is 12.9. The van der Waals surface area contributed by atoms with Crippen LogP contribution in [0.2, 0.25) is 6.04 Å². The van der Waals surface area contributed by atoms with Crippen molar-refractivity contribution in [1.82, 2.24) is 14.7 Å². The lowest BCUT2D eigenvalue weighted by Crippen LogP contribution is -2.31.